The van der Waals surface area contributed by atoms with E-state index in [9.17, 15) is 4.79 Å². The molecule has 0 aliphatic rings. The molecule has 0 saturated heterocycles. The Kier molecular flexibility index (Phi) is 3.04. The smallest absolute Gasteiger partial charge is 0.211 e. The van der Waals surface area contributed by atoms with Crippen LogP contribution in [0.5, 0.6) is 0 Å². The lowest BCUT2D eigenvalue weighted by Crippen LogP contribution is -2.10. The molecular formula is C8H13NO. The average Bonchev–Trinajstić information content (AvgIpc) is 1.80. The summed E-state index contributed by atoms with van der Waals surface area (Å²) in [7, 11) is 0. The molecule has 0 aromatic rings. The second-order valence-corrected chi connectivity index (χ2v) is 3.26. The Balaban J connectivity index is 3.98. The number of hydrogen-bond donors (Lipinski definition) is 0. The maximum atomic E-state index is 9.70. The Hall–Kier alpha value is -0.880. The van der Waals surface area contributed by atoms with Gasteiger partial charge >= 0.3 is 0 Å². The van der Waals surface area contributed by atoms with E-state index in [1.54, 1.807) is 0 Å². The molecule has 0 saturated carbocycles. The summed E-state index contributed by atoms with van der Waals surface area (Å²) in [5.41, 5.74) is 0.997. The molecule has 0 bridgehead atoms. The fourth-order valence-electron chi connectivity index (χ4n) is 0.365. The lowest BCUT2D eigenvalue weighted by Gasteiger charge is -2.19. The summed E-state index contributed by atoms with van der Waals surface area (Å²) in [5.74, 6) is 0. The summed E-state index contributed by atoms with van der Waals surface area (Å²) >= 11 is 0. The third-order valence-electron chi connectivity index (χ3n) is 1.40. The van der Waals surface area contributed by atoms with Crippen molar-refractivity contribution < 1.29 is 4.79 Å². The van der Waals surface area contributed by atoms with Gasteiger partial charge in [-0.1, -0.05) is 27.4 Å². The van der Waals surface area contributed by atoms with Crippen molar-refractivity contribution in [2.24, 2.45) is 10.4 Å². The lowest BCUT2D eigenvalue weighted by molar-refractivity contribution is 0.496. The van der Waals surface area contributed by atoms with Crippen molar-refractivity contribution in [3.63, 3.8) is 0 Å². The molecule has 10 heavy (non-hydrogen) atoms. The molecule has 2 heteroatoms. The zero-order valence-electron chi connectivity index (χ0n) is 6.77. The molecule has 0 aromatic heterocycles. The molecule has 2 nitrogen and oxygen atoms in total. The molecular weight excluding hydrogens is 126 g/mol. The van der Waals surface area contributed by atoms with Gasteiger partial charge in [0.2, 0.25) is 6.08 Å². The van der Waals surface area contributed by atoms with Crippen LogP contribution in [0.2, 0.25) is 0 Å². The second kappa shape index (κ2) is 3.33. The number of isocyanates is 1. The quantitative estimate of drug-likeness (QED) is 0.326. The Morgan fingerprint density at radius 3 is 2.40 bits per heavy atom. The van der Waals surface area contributed by atoms with Gasteiger partial charge in [0.05, 0.1) is 6.54 Å². The largest absolute Gasteiger partial charge is 0.235 e. The highest BCUT2D eigenvalue weighted by Crippen LogP contribution is 2.22. The van der Waals surface area contributed by atoms with Crippen LogP contribution in [0.25, 0.3) is 0 Å². The second-order valence-electron chi connectivity index (χ2n) is 3.26. The van der Waals surface area contributed by atoms with Gasteiger partial charge in [-0.3, -0.25) is 0 Å². The first-order valence-electron chi connectivity index (χ1n) is 3.20. The van der Waals surface area contributed by atoms with Crippen molar-refractivity contribution in [3.05, 3.63) is 12.2 Å². The van der Waals surface area contributed by atoms with Crippen LogP contribution in [0, 0.1) is 5.41 Å². The van der Waals surface area contributed by atoms with Crippen molar-refractivity contribution in [3.8, 4) is 0 Å². The zero-order valence-corrected chi connectivity index (χ0v) is 6.77. The third-order valence-corrected chi connectivity index (χ3v) is 1.40. The van der Waals surface area contributed by atoms with Crippen molar-refractivity contribution in [2.75, 3.05) is 6.54 Å². The van der Waals surface area contributed by atoms with Crippen molar-refractivity contribution >= 4 is 6.08 Å². The van der Waals surface area contributed by atoms with Gasteiger partial charge in [-0.15, -0.1) is 0 Å². The van der Waals surface area contributed by atoms with Gasteiger partial charge in [0.15, 0.2) is 0 Å². The summed E-state index contributed by atoms with van der Waals surface area (Å²) in [6.45, 7) is 10.3. The van der Waals surface area contributed by atoms with Gasteiger partial charge in [-0.05, 0) is 11.0 Å². The average molecular weight is 139 g/mol. The Bertz CT molecular complexity index is 170. The SMILES string of the molecule is C=C(CN=C=O)C(C)(C)C. The van der Waals surface area contributed by atoms with Crippen molar-refractivity contribution in [1.82, 2.24) is 0 Å². The van der Waals surface area contributed by atoms with E-state index in [0.29, 0.717) is 6.54 Å². The molecule has 0 amide bonds. The summed E-state index contributed by atoms with van der Waals surface area (Å²) in [6, 6.07) is 0. The minimum Gasteiger partial charge on any atom is -0.211 e. The normalized spacial score (nSPS) is 10.3. The van der Waals surface area contributed by atoms with Crippen molar-refractivity contribution in [1.29, 1.82) is 0 Å². The molecule has 0 aliphatic carbocycles. The van der Waals surface area contributed by atoms with Gasteiger partial charge in [-0.2, -0.15) is 0 Å². The third kappa shape index (κ3) is 3.21. The highest BCUT2D eigenvalue weighted by Gasteiger charge is 2.13. The number of carbonyl (C=O) groups excluding carboxylic acids is 1. The van der Waals surface area contributed by atoms with E-state index in [-0.39, 0.29) is 5.41 Å². The highest BCUT2D eigenvalue weighted by molar-refractivity contribution is 5.34. The van der Waals surface area contributed by atoms with E-state index in [0.717, 1.165) is 5.57 Å². The molecule has 0 aromatic carbocycles. The summed E-state index contributed by atoms with van der Waals surface area (Å²) in [5, 5.41) is 0. The predicted octanol–water partition coefficient (Wildman–Crippen LogP) is 1.92. The molecule has 0 N–H and O–H groups in total. The molecule has 0 rings (SSSR count). The fourth-order valence-corrected chi connectivity index (χ4v) is 0.365. The molecule has 0 spiro atoms. The van der Waals surface area contributed by atoms with E-state index in [2.05, 4.69) is 11.6 Å². The van der Waals surface area contributed by atoms with Gasteiger partial charge in [0.25, 0.3) is 0 Å². The maximum Gasteiger partial charge on any atom is 0.235 e. The van der Waals surface area contributed by atoms with Crippen LogP contribution in [0.3, 0.4) is 0 Å². The first-order valence-corrected chi connectivity index (χ1v) is 3.20. The monoisotopic (exact) mass is 139 g/mol. The number of nitrogens with zero attached hydrogens (tertiary/aromatic N) is 1. The molecule has 0 aliphatic heterocycles. The summed E-state index contributed by atoms with van der Waals surface area (Å²) < 4.78 is 0. The van der Waals surface area contributed by atoms with Crippen LogP contribution in [-0.4, -0.2) is 12.6 Å². The molecule has 0 radical (unpaired) electrons. The highest BCUT2D eigenvalue weighted by atomic mass is 16.1. The molecule has 0 heterocycles. The molecule has 0 fully saturated rings. The summed E-state index contributed by atoms with van der Waals surface area (Å²) in [4.78, 5) is 13.1. The molecule has 56 valence electrons. The van der Waals surface area contributed by atoms with Crippen LogP contribution in [0.15, 0.2) is 17.1 Å². The molecule has 0 unspecified atom stereocenters. The first-order chi connectivity index (χ1) is 4.48. The van der Waals surface area contributed by atoms with E-state index < -0.39 is 0 Å². The first kappa shape index (κ1) is 9.12. The van der Waals surface area contributed by atoms with Crippen LogP contribution in [0.1, 0.15) is 20.8 Å². The topological polar surface area (TPSA) is 29.4 Å². The number of rotatable bonds is 2. The Morgan fingerprint density at radius 2 is 2.10 bits per heavy atom. The summed E-state index contributed by atoms with van der Waals surface area (Å²) in [6.07, 6.45) is 1.48. The van der Waals surface area contributed by atoms with Gasteiger partial charge < -0.3 is 0 Å². The van der Waals surface area contributed by atoms with E-state index in [4.69, 9.17) is 0 Å². The van der Waals surface area contributed by atoms with E-state index >= 15 is 0 Å². The minimum absolute atomic E-state index is 0.0420. The number of aliphatic imine (C=N–C) groups is 1. The Morgan fingerprint density at radius 1 is 1.60 bits per heavy atom. The van der Waals surface area contributed by atoms with Crippen LogP contribution >= 0.6 is 0 Å². The lowest BCUT2D eigenvalue weighted by atomic mass is 9.88. The maximum absolute atomic E-state index is 9.70. The molecule has 0 atom stereocenters. The van der Waals surface area contributed by atoms with E-state index in [1.807, 2.05) is 20.8 Å². The van der Waals surface area contributed by atoms with Gasteiger partial charge in [-0.25, -0.2) is 9.79 Å². The Labute approximate surface area is 61.7 Å². The minimum atomic E-state index is 0.0420. The zero-order chi connectivity index (χ0) is 8.20. The van der Waals surface area contributed by atoms with E-state index in [1.165, 1.54) is 6.08 Å². The number of hydrogen-bond acceptors (Lipinski definition) is 2. The van der Waals surface area contributed by atoms with Crippen LogP contribution in [0.4, 0.5) is 0 Å². The van der Waals surface area contributed by atoms with Crippen molar-refractivity contribution in [2.45, 2.75) is 20.8 Å². The van der Waals surface area contributed by atoms with Gasteiger partial charge in [0, 0.05) is 0 Å². The van der Waals surface area contributed by atoms with Gasteiger partial charge in [0.1, 0.15) is 0 Å². The standard InChI is InChI=1S/C8H13NO/c1-7(5-9-6-10)8(2,3)4/h1,5H2,2-4H3. The fraction of sp³-hybridized carbons (Fsp3) is 0.625. The predicted molar refractivity (Wildman–Crippen MR) is 41.6 cm³/mol. The van der Waals surface area contributed by atoms with Crippen LogP contribution in [-0.2, 0) is 4.79 Å². The van der Waals surface area contributed by atoms with Crippen LogP contribution < -0.4 is 0 Å².